The van der Waals surface area contributed by atoms with E-state index in [2.05, 4.69) is 19.4 Å². The van der Waals surface area contributed by atoms with Crippen LogP contribution in [0.1, 0.15) is 27.7 Å². The lowest BCUT2D eigenvalue weighted by atomic mass is 10.6. The highest BCUT2D eigenvalue weighted by molar-refractivity contribution is 5.67. The van der Waals surface area contributed by atoms with Gasteiger partial charge in [0.1, 0.15) is 6.54 Å². The molecule has 1 unspecified atom stereocenters. The topological polar surface area (TPSA) is 132 Å². The first-order valence-electron chi connectivity index (χ1n) is 5.60. The quantitative estimate of drug-likeness (QED) is 0.450. The molecule has 0 fully saturated rings. The monoisotopic (exact) mass is 308 g/mol. The van der Waals surface area contributed by atoms with Crippen molar-refractivity contribution in [3.63, 3.8) is 0 Å². The molecule has 0 saturated carbocycles. The zero-order chi connectivity index (χ0) is 16.6. The minimum Gasteiger partial charge on any atom is -0.371 e. The van der Waals surface area contributed by atoms with Crippen LogP contribution in [0.4, 0.5) is 0 Å². The lowest BCUT2D eigenvalue weighted by Gasteiger charge is -2.26. The summed E-state index contributed by atoms with van der Waals surface area (Å²) in [5.74, 6) is -3.45. The van der Waals surface area contributed by atoms with Crippen molar-refractivity contribution in [2.75, 3.05) is 6.54 Å². The number of rotatable bonds is 7. The average molecular weight is 308 g/mol. The molecule has 0 bridgehead atoms. The van der Waals surface area contributed by atoms with Gasteiger partial charge in [-0.25, -0.2) is 0 Å². The Morgan fingerprint density at radius 2 is 1.14 bits per heavy atom. The molecule has 1 atom stereocenters. The Bertz CT molecular complexity index is 379. The molecule has 0 saturated heterocycles. The third-order valence-electron chi connectivity index (χ3n) is 1.45. The van der Waals surface area contributed by atoms with E-state index in [1.807, 2.05) is 0 Å². The van der Waals surface area contributed by atoms with Crippen LogP contribution in [0.5, 0.6) is 0 Å². The highest BCUT2D eigenvalue weighted by Crippen LogP contribution is 2.05. The number of aliphatic hydroxyl groups is 1. The third-order valence-corrected chi connectivity index (χ3v) is 1.45. The highest BCUT2D eigenvalue weighted by Gasteiger charge is 2.28. The summed E-state index contributed by atoms with van der Waals surface area (Å²) in [4.78, 5) is 61.1. The Morgan fingerprint density at radius 3 is 1.43 bits per heavy atom. The van der Waals surface area contributed by atoms with Gasteiger partial charge in [0.05, 0.1) is 5.23 Å². The van der Waals surface area contributed by atoms with E-state index in [1.54, 1.807) is 0 Å². The molecule has 0 aliphatic carbocycles. The fourth-order valence-corrected chi connectivity index (χ4v) is 0.974. The van der Waals surface area contributed by atoms with E-state index < -0.39 is 36.6 Å². The van der Waals surface area contributed by atoms with Crippen LogP contribution in [0, 0.1) is 0 Å². The summed E-state index contributed by atoms with van der Waals surface area (Å²) in [5.41, 5.74) is 0. The van der Waals surface area contributed by atoms with Crippen molar-refractivity contribution in [3.8, 4) is 0 Å². The molecule has 21 heavy (non-hydrogen) atoms. The summed E-state index contributed by atoms with van der Waals surface area (Å²) in [5, 5.41) is 10.3. The van der Waals surface area contributed by atoms with Crippen LogP contribution in [0.2, 0.25) is 0 Å². The molecule has 11 nitrogen and oxygen atoms in total. The van der Waals surface area contributed by atoms with Crippen molar-refractivity contribution in [2.45, 2.75) is 33.9 Å². The first-order chi connectivity index (χ1) is 9.61. The van der Waals surface area contributed by atoms with E-state index in [4.69, 9.17) is 0 Å². The normalized spacial score (nSPS) is 11.8. The predicted octanol–water partition coefficient (Wildman–Crippen LogP) is -1.18. The maximum absolute atomic E-state index is 10.8. The molecular weight excluding hydrogens is 292 g/mol. The zero-order valence-corrected chi connectivity index (χ0v) is 11.9. The first-order valence-corrected chi connectivity index (χ1v) is 5.60. The number of carbonyl (C=O) groups excluding carboxylic acids is 4. The lowest BCUT2D eigenvalue weighted by molar-refractivity contribution is -0.400. The van der Waals surface area contributed by atoms with Gasteiger partial charge in [-0.05, 0) is 0 Å². The Hall–Kier alpha value is -2.24. The van der Waals surface area contributed by atoms with E-state index >= 15 is 0 Å². The smallest absolute Gasteiger partial charge is 0.326 e. The van der Waals surface area contributed by atoms with E-state index in [-0.39, 0.29) is 5.23 Å². The van der Waals surface area contributed by atoms with Crippen LogP contribution < -0.4 is 0 Å². The Morgan fingerprint density at radius 1 is 0.810 bits per heavy atom. The van der Waals surface area contributed by atoms with Crippen molar-refractivity contribution >= 4 is 23.9 Å². The minimum atomic E-state index is -1.79. The Balaban J connectivity index is 4.81. The summed E-state index contributed by atoms with van der Waals surface area (Å²) >= 11 is 0. The summed E-state index contributed by atoms with van der Waals surface area (Å²) in [7, 11) is 0. The number of hydrogen-bond acceptors (Lipinski definition) is 11. The molecule has 1 N–H and O–H groups in total. The molecule has 0 spiro atoms. The second-order valence-corrected chi connectivity index (χ2v) is 3.61. The van der Waals surface area contributed by atoms with Crippen LogP contribution >= 0.6 is 0 Å². The second-order valence-electron chi connectivity index (χ2n) is 3.61. The molecule has 11 heteroatoms. The minimum absolute atomic E-state index is 0.171. The number of nitrogens with zero attached hydrogens (tertiary/aromatic N) is 2. The van der Waals surface area contributed by atoms with Crippen LogP contribution in [0.3, 0.4) is 0 Å². The summed E-state index contributed by atoms with van der Waals surface area (Å²) < 4.78 is 0. The molecule has 120 valence electrons. The van der Waals surface area contributed by atoms with E-state index in [0.717, 1.165) is 27.7 Å². The summed E-state index contributed by atoms with van der Waals surface area (Å²) in [6, 6.07) is 0. The predicted molar refractivity (Wildman–Crippen MR) is 61.6 cm³/mol. The van der Waals surface area contributed by atoms with Crippen molar-refractivity contribution < 1.29 is 43.6 Å². The molecule has 0 aliphatic rings. The molecule has 0 amide bonds. The van der Waals surface area contributed by atoms with Crippen molar-refractivity contribution in [1.29, 1.82) is 0 Å². The van der Waals surface area contributed by atoms with Gasteiger partial charge in [-0.1, -0.05) is 0 Å². The first kappa shape index (κ1) is 18.8. The number of aliphatic hydroxyl groups excluding tert-OH is 1. The fourth-order valence-electron chi connectivity index (χ4n) is 0.974. The van der Waals surface area contributed by atoms with Crippen LogP contribution in [-0.2, 0) is 38.5 Å². The molecule has 0 rings (SSSR count). The van der Waals surface area contributed by atoms with Gasteiger partial charge in [0.2, 0.25) is 0 Å². The molecule has 0 aliphatic heterocycles. The van der Waals surface area contributed by atoms with Gasteiger partial charge < -0.3 is 24.5 Å². The summed E-state index contributed by atoms with van der Waals surface area (Å²) in [6.07, 6.45) is -1.79. The van der Waals surface area contributed by atoms with Gasteiger partial charge >= 0.3 is 23.9 Å². The number of hydroxylamine groups is 4. The zero-order valence-electron chi connectivity index (χ0n) is 11.9. The van der Waals surface area contributed by atoms with Gasteiger partial charge in [0, 0.05) is 32.9 Å². The molecular formula is C10H16N2O9. The molecule has 0 aromatic heterocycles. The largest absolute Gasteiger partial charge is 0.371 e. The maximum atomic E-state index is 10.8. The van der Waals surface area contributed by atoms with Crippen LogP contribution in [-0.4, -0.2) is 52.2 Å². The third kappa shape index (κ3) is 9.32. The average Bonchev–Trinajstić information content (AvgIpc) is 2.24. The van der Waals surface area contributed by atoms with Gasteiger partial charge in [-0.15, -0.1) is 0 Å². The van der Waals surface area contributed by atoms with E-state index in [9.17, 15) is 24.3 Å². The molecule has 0 radical (unpaired) electrons. The Labute approximate surface area is 119 Å². The van der Waals surface area contributed by atoms with Crippen molar-refractivity contribution in [3.05, 3.63) is 0 Å². The molecule has 0 aromatic carbocycles. The van der Waals surface area contributed by atoms with Gasteiger partial charge in [-0.3, -0.25) is 19.2 Å². The van der Waals surface area contributed by atoms with Crippen LogP contribution in [0.15, 0.2) is 0 Å². The Kier molecular flexibility index (Phi) is 7.89. The fraction of sp³-hybridized carbons (Fsp3) is 0.600. The van der Waals surface area contributed by atoms with Crippen molar-refractivity contribution in [2.24, 2.45) is 0 Å². The highest BCUT2D eigenvalue weighted by atomic mass is 17.0. The van der Waals surface area contributed by atoms with Crippen molar-refractivity contribution in [1.82, 2.24) is 10.5 Å². The standard InChI is InChI=1S/C10H16N2O9/c1-6(13)18-11(19-7(2)14)5-10(17)12(20-8(3)15)21-9(4)16/h10,17H,5H2,1-4H3. The van der Waals surface area contributed by atoms with Crippen LogP contribution in [0.25, 0.3) is 0 Å². The van der Waals surface area contributed by atoms with Gasteiger partial charge in [0.15, 0.2) is 6.23 Å². The van der Waals surface area contributed by atoms with E-state index in [0.29, 0.717) is 5.23 Å². The lowest BCUT2D eigenvalue weighted by Crippen LogP contribution is -2.46. The maximum Gasteiger partial charge on any atom is 0.326 e. The molecule has 0 heterocycles. The van der Waals surface area contributed by atoms with Gasteiger partial charge in [0.25, 0.3) is 0 Å². The molecule has 0 aromatic rings. The number of carbonyl (C=O) groups is 4. The number of hydrogen-bond donors (Lipinski definition) is 1. The van der Waals surface area contributed by atoms with E-state index in [1.165, 1.54) is 0 Å². The second kappa shape index (κ2) is 8.84. The SMILES string of the molecule is CC(=O)ON(CC(O)N(OC(C)=O)OC(C)=O)OC(C)=O. The van der Waals surface area contributed by atoms with Gasteiger partial charge in [-0.2, -0.15) is 0 Å². The summed E-state index contributed by atoms with van der Waals surface area (Å²) in [6.45, 7) is 3.37.